The SMILES string of the molecule is O=C(NCC(F)(F)C(=O)N[C@H]1C[C@@H]2C[C@]2(C(=O)O)C1)OCC1c2ccccc2-c2ccccc21. The van der Waals surface area contributed by atoms with Crippen LogP contribution in [0.4, 0.5) is 13.6 Å². The van der Waals surface area contributed by atoms with Gasteiger partial charge in [0.15, 0.2) is 0 Å². The van der Waals surface area contributed by atoms with Crippen molar-refractivity contribution < 1.29 is 33.0 Å². The monoisotopic (exact) mass is 470 g/mol. The third kappa shape index (κ3) is 3.78. The van der Waals surface area contributed by atoms with Crippen molar-refractivity contribution in [1.29, 1.82) is 0 Å². The lowest BCUT2D eigenvalue weighted by atomic mass is 9.98. The second kappa shape index (κ2) is 8.07. The van der Waals surface area contributed by atoms with E-state index < -0.39 is 41.9 Å². The van der Waals surface area contributed by atoms with Gasteiger partial charge in [0.1, 0.15) is 6.61 Å². The minimum absolute atomic E-state index is 0.0294. The molecule has 0 aliphatic heterocycles. The zero-order chi connectivity index (χ0) is 24.1. The van der Waals surface area contributed by atoms with Crippen LogP contribution in [0.15, 0.2) is 48.5 Å². The van der Waals surface area contributed by atoms with Gasteiger partial charge in [-0.25, -0.2) is 4.79 Å². The van der Waals surface area contributed by atoms with Gasteiger partial charge in [-0.1, -0.05) is 48.5 Å². The summed E-state index contributed by atoms with van der Waals surface area (Å²) in [6.45, 7) is -1.24. The van der Waals surface area contributed by atoms with E-state index >= 15 is 0 Å². The van der Waals surface area contributed by atoms with Crippen molar-refractivity contribution in [1.82, 2.24) is 10.6 Å². The number of fused-ring (bicyclic) bond motifs is 4. The van der Waals surface area contributed by atoms with Gasteiger partial charge in [0.2, 0.25) is 0 Å². The zero-order valence-electron chi connectivity index (χ0n) is 18.2. The molecule has 0 bridgehead atoms. The number of hydrogen-bond acceptors (Lipinski definition) is 4. The number of carboxylic acids is 1. The number of alkyl halides is 2. The maximum Gasteiger partial charge on any atom is 0.407 e. The van der Waals surface area contributed by atoms with Gasteiger partial charge in [-0.15, -0.1) is 0 Å². The Labute approximate surface area is 194 Å². The van der Waals surface area contributed by atoms with Gasteiger partial charge in [0.25, 0.3) is 5.91 Å². The number of rotatable bonds is 7. The van der Waals surface area contributed by atoms with E-state index in [1.807, 2.05) is 53.8 Å². The van der Waals surface area contributed by atoms with Crippen LogP contribution in [-0.2, 0) is 14.3 Å². The summed E-state index contributed by atoms with van der Waals surface area (Å²) in [6, 6.07) is 14.9. The molecule has 3 N–H and O–H groups in total. The van der Waals surface area contributed by atoms with Gasteiger partial charge in [0.05, 0.1) is 12.0 Å². The summed E-state index contributed by atoms with van der Waals surface area (Å²) in [5.41, 5.74) is 3.20. The van der Waals surface area contributed by atoms with E-state index in [2.05, 4.69) is 5.32 Å². The number of halogens is 2. The van der Waals surface area contributed by atoms with Crippen molar-refractivity contribution in [2.24, 2.45) is 11.3 Å². The van der Waals surface area contributed by atoms with Gasteiger partial charge in [0, 0.05) is 12.0 Å². The molecule has 3 aliphatic rings. The van der Waals surface area contributed by atoms with Crippen molar-refractivity contribution in [3.05, 3.63) is 59.7 Å². The van der Waals surface area contributed by atoms with Crippen molar-refractivity contribution in [3.63, 3.8) is 0 Å². The van der Waals surface area contributed by atoms with E-state index in [1.165, 1.54) is 0 Å². The molecule has 2 amide bonds. The molecule has 2 aromatic rings. The molecular weight excluding hydrogens is 446 g/mol. The molecule has 3 atom stereocenters. The molecule has 0 heterocycles. The molecule has 0 spiro atoms. The average molecular weight is 470 g/mol. The molecule has 0 radical (unpaired) electrons. The van der Waals surface area contributed by atoms with Crippen molar-refractivity contribution in [3.8, 4) is 11.1 Å². The first-order valence-corrected chi connectivity index (χ1v) is 11.2. The minimum Gasteiger partial charge on any atom is -0.481 e. The zero-order valence-corrected chi connectivity index (χ0v) is 18.2. The smallest absolute Gasteiger partial charge is 0.407 e. The third-order valence-corrected chi connectivity index (χ3v) is 7.30. The fourth-order valence-electron chi connectivity index (χ4n) is 5.47. The highest BCUT2D eigenvalue weighted by atomic mass is 19.3. The molecule has 3 aliphatic carbocycles. The number of amides is 2. The van der Waals surface area contributed by atoms with Crippen LogP contribution in [0, 0.1) is 11.3 Å². The summed E-state index contributed by atoms with van der Waals surface area (Å²) in [5.74, 6) is -6.62. The molecule has 0 unspecified atom stereocenters. The predicted molar refractivity (Wildman–Crippen MR) is 117 cm³/mol. The molecule has 7 nitrogen and oxygen atoms in total. The van der Waals surface area contributed by atoms with Crippen molar-refractivity contribution in [2.75, 3.05) is 13.2 Å². The van der Waals surface area contributed by atoms with Gasteiger partial charge < -0.3 is 20.5 Å². The van der Waals surface area contributed by atoms with Crippen LogP contribution in [0.2, 0.25) is 0 Å². The summed E-state index contributed by atoms with van der Waals surface area (Å²) in [7, 11) is 0. The van der Waals surface area contributed by atoms with Crippen LogP contribution < -0.4 is 10.6 Å². The van der Waals surface area contributed by atoms with Crippen LogP contribution in [-0.4, -0.2) is 48.2 Å². The number of ether oxygens (including phenoxy) is 1. The third-order valence-electron chi connectivity index (χ3n) is 7.30. The molecule has 0 aromatic heterocycles. The molecular formula is C25H24F2N2O5. The second-order valence-electron chi connectivity index (χ2n) is 9.36. The lowest BCUT2D eigenvalue weighted by molar-refractivity contribution is -0.147. The lowest BCUT2D eigenvalue weighted by Gasteiger charge is -2.21. The normalized spacial score (nSPS) is 24.5. The number of alkyl carbamates (subject to hydrolysis) is 1. The number of carbonyl (C=O) groups excluding carboxylic acids is 2. The molecule has 9 heteroatoms. The first-order valence-electron chi connectivity index (χ1n) is 11.2. The van der Waals surface area contributed by atoms with Crippen LogP contribution in [0.5, 0.6) is 0 Å². The number of benzene rings is 2. The van der Waals surface area contributed by atoms with E-state index in [-0.39, 0.29) is 24.9 Å². The summed E-state index contributed by atoms with van der Waals surface area (Å²) >= 11 is 0. The van der Waals surface area contributed by atoms with Crippen LogP contribution in [0.3, 0.4) is 0 Å². The topological polar surface area (TPSA) is 105 Å². The molecule has 2 saturated carbocycles. The van der Waals surface area contributed by atoms with Crippen molar-refractivity contribution >= 4 is 18.0 Å². The van der Waals surface area contributed by atoms with Gasteiger partial charge in [-0.2, -0.15) is 8.78 Å². The highest BCUT2D eigenvalue weighted by Crippen LogP contribution is 2.63. The van der Waals surface area contributed by atoms with Gasteiger partial charge >= 0.3 is 18.0 Å². The second-order valence-corrected chi connectivity index (χ2v) is 9.36. The number of nitrogens with one attached hydrogen (secondary N) is 2. The van der Waals surface area contributed by atoms with Crippen molar-refractivity contribution in [2.45, 2.75) is 37.1 Å². The summed E-state index contributed by atoms with van der Waals surface area (Å²) in [4.78, 5) is 35.6. The largest absolute Gasteiger partial charge is 0.481 e. The highest BCUT2D eigenvalue weighted by molar-refractivity contribution is 5.85. The molecule has 0 saturated heterocycles. The maximum atomic E-state index is 14.3. The molecule has 5 rings (SSSR count). The van der Waals surface area contributed by atoms with E-state index in [9.17, 15) is 28.3 Å². The lowest BCUT2D eigenvalue weighted by Crippen LogP contribution is -2.51. The van der Waals surface area contributed by atoms with E-state index in [4.69, 9.17) is 4.74 Å². The quantitative estimate of drug-likeness (QED) is 0.574. The van der Waals surface area contributed by atoms with E-state index in [0.717, 1.165) is 22.3 Å². The molecule has 2 aromatic carbocycles. The summed E-state index contributed by atoms with van der Waals surface area (Å²) in [5, 5.41) is 13.5. The number of aliphatic carboxylic acids is 1. The predicted octanol–water partition coefficient (Wildman–Crippen LogP) is 3.53. The first kappa shape index (κ1) is 22.3. The first-order chi connectivity index (χ1) is 16.2. The minimum atomic E-state index is -3.85. The molecule has 178 valence electrons. The number of carboxylic acid groups (broad SMARTS) is 1. The van der Waals surface area contributed by atoms with Crippen LogP contribution in [0.1, 0.15) is 36.3 Å². The maximum absolute atomic E-state index is 14.3. The van der Waals surface area contributed by atoms with E-state index in [1.54, 1.807) is 0 Å². The molecule has 34 heavy (non-hydrogen) atoms. The number of carbonyl (C=O) groups is 3. The Hall–Kier alpha value is -3.49. The fraction of sp³-hybridized carbons (Fsp3) is 0.400. The summed E-state index contributed by atoms with van der Waals surface area (Å²) in [6.07, 6.45) is -0.00180. The Kier molecular flexibility index (Phi) is 5.30. The Morgan fingerprint density at radius 2 is 1.65 bits per heavy atom. The number of hydrogen-bond donors (Lipinski definition) is 3. The van der Waals surface area contributed by atoms with Gasteiger partial charge in [-0.3, -0.25) is 9.59 Å². The standard InChI is InChI=1S/C25H24F2N2O5/c26-25(27,21(30)29-15-9-14-10-24(14,11-15)22(31)32)13-28-23(33)34-12-20-18-7-3-1-5-16(18)17-6-2-4-8-19(17)20/h1-8,14-15,20H,9-13H2,(H,28,33)(H,29,30)(H,31,32)/t14-,15+,24+/m1/s1. The highest BCUT2D eigenvalue weighted by Gasteiger charge is 2.65. The Balaban J connectivity index is 1.13. The Bertz CT molecular complexity index is 1120. The average Bonchev–Trinajstić information content (AvgIpc) is 3.25. The van der Waals surface area contributed by atoms with E-state index in [0.29, 0.717) is 12.8 Å². The summed E-state index contributed by atoms with van der Waals surface area (Å²) < 4.78 is 33.9. The van der Waals surface area contributed by atoms with Gasteiger partial charge in [-0.05, 0) is 47.4 Å². The Morgan fingerprint density at radius 3 is 2.24 bits per heavy atom. The van der Waals surface area contributed by atoms with Crippen LogP contribution in [0.25, 0.3) is 11.1 Å². The molecule has 2 fully saturated rings. The fourth-order valence-corrected chi connectivity index (χ4v) is 5.47. The van der Waals surface area contributed by atoms with Crippen LogP contribution >= 0.6 is 0 Å². The Morgan fingerprint density at radius 1 is 1.03 bits per heavy atom.